The minimum Gasteiger partial charge on any atom is -0.461 e. The molecule has 0 aromatic heterocycles. The highest BCUT2D eigenvalue weighted by molar-refractivity contribution is 9.09. The number of alkyl halides is 1. The number of fused-ring (bicyclic) bond motifs is 1. The molecule has 1 saturated carbocycles. The van der Waals surface area contributed by atoms with Crippen molar-refractivity contribution in [2.45, 2.75) is 51.0 Å². The Morgan fingerprint density at radius 1 is 1.43 bits per heavy atom. The maximum Gasteiger partial charge on any atom is 0.306 e. The second kappa shape index (κ2) is 2.97. The molecule has 0 amide bonds. The summed E-state index contributed by atoms with van der Waals surface area (Å²) < 4.78 is 5.39. The van der Waals surface area contributed by atoms with Gasteiger partial charge in [0, 0.05) is 5.41 Å². The second-order valence-electron chi connectivity index (χ2n) is 5.80. The van der Waals surface area contributed by atoms with Crippen molar-refractivity contribution in [1.29, 1.82) is 0 Å². The molecule has 80 valence electrons. The van der Waals surface area contributed by atoms with Crippen LogP contribution in [0.4, 0.5) is 0 Å². The largest absolute Gasteiger partial charge is 0.461 e. The summed E-state index contributed by atoms with van der Waals surface area (Å²) in [5.74, 6) is -0.0281. The topological polar surface area (TPSA) is 26.3 Å². The summed E-state index contributed by atoms with van der Waals surface area (Å²) in [5, 5.41) is 0. The SMILES string of the molecule is CC1(C)CC(Br)C2OC(=O)CC2(C)C1. The zero-order chi connectivity index (χ0) is 10.6. The molecule has 2 aliphatic rings. The van der Waals surface area contributed by atoms with Crippen LogP contribution < -0.4 is 0 Å². The number of carbonyl (C=O) groups is 1. The van der Waals surface area contributed by atoms with Crippen molar-refractivity contribution in [3.63, 3.8) is 0 Å². The molecular weight excluding hydrogens is 244 g/mol. The van der Waals surface area contributed by atoms with Crippen LogP contribution in [0.5, 0.6) is 0 Å². The van der Waals surface area contributed by atoms with Gasteiger partial charge in [0.1, 0.15) is 6.10 Å². The summed E-state index contributed by atoms with van der Waals surface area (Å²) in [6.07, 6.45) is 2.84. The predicted octanol–water partition coefficient (Wildman–Crippen LogP) is 2.89. The standard InChI is InChI=1S/C11H17BrO2/c1-10(2)4-7(12)9-11(3,6-10)5-8(13)14-9/h7,9H,4-6H2,1-3H3. The normalized spacial score (nSPS) is 45.9. The van der Waals surface area contributed by atoms with Crippen LogP contribution >= 0.6 is 15.9 Å². The van der Waals surface area contributed by atoms with Crippen LogP contribution in [0, 0.1) is 10.8 Å². The van der Waals surface area contributed by atoms with Gasteiger partial charge in [0.2, 0.25) is 0 Å². The van der Waals surface area contributed by atoms with E-state index < -0.39 is 0 Å². The number of halogens is 1. The van der Waals surface area contributed by atoms with Crippen molar-refractivity contribution in [3.8, 4) is 0 Å². The van der Waals surface area contributed by atoms with Crippen molar-refractivity contribution in [2.75, 3.05) is 0 Å². The summed E-state index contributed by atoms with van der Waals surface area (Å²) in [6.45, 7) is 6.72. The molecule has 1 aliphatic carbocycles. The van der Waals surface area contributed by atoms with Gasteiger partial charge in [0.25, 0.3) is 0 Å². The molecule has 2 nitrogen and oxygen atoms in total. The minimum atomic E-state index is -0.0281. The van der Waals surface area contributed by atoms with Crippen molar-refractivity contribution >= 4 is 21.9 Å². The molecule has 1 aliphatic heterocycles. The van der Waals surface area contributed by atoms with E-state index in [0.717, 1.165) is 12.8 Å². The zero-order valence-corrected chi connectivity index (χ0v) is 10.6. The Hall–Kier alpha value is -0.0500. The van der Waals surface area contributed by atoms with E-state index in [1.165, 1.54) is 0 Å². The van der Waals surface area contributed by atoms with E-state index in [1.807, 2.05) is 0 Å². The molecule has 0 radical (unpaired) electrons. The molecule has 1 heterocycles. The minimum absolute atomic E-state index is 0.0281. The number of ether oxygens (including phenoxy) is 1. The number of hydrogen-bond acceptors (Lipinski definition) is 2. The Labute approximate surface area is 93.5 Å². The first kappa shape index (κ1) is 10.5. The van der Waals surface area contributed by atoms with E-state index in [4.69, 9.17) is 4.74 Å². The van der Waals surface area contributed by atoms with Crippen LogP contribution in [0.2, 0.25) is 0 Å². The molecule has 0 spiro atoms. The first-order valence-corrected chi connectivity index (χ1v) is 6.08. The lowest BCUT2D eigenvalue weighted by Gasteiger charge is -2.45. The summed E-state index contributed by atoms with van der Waals surface area (Å²) in [6, 6.07) is 0. The van der Waals surface area contributed by atoms with Gasteiger partial charge in [-0.1, -0.05) is 36.7 Å². The maximum absolute atomic E-state index is 11.3. The summed E-state index contributed by atoms with van der Waals surface area (Å²) >= 11 is 3.66. The smallest absolute Gasteiger partial charge is 0.306 e. The molecule has 2 fully saturated rings. The fourth-order valence-corrected chi connectivity index (χ4v) is 4.85. The number of esters is 1. The Kier molecular flexibility index (Phi) is 2.22. The van der Waals surface area contributed by atoms with Gasteiger partial charge in [0.15, 0.2) is 0 Å². The third-order valence-electron chi connectivity index (χ3n) is 3.45. The molecule has 3 unspecified atom stereocenters. The van der Waals surface area contributed by atoms with E-state index in [9.17, 15) is 4.79 Å². The Morgan fingerprint density at radius 3 is 2.71 bits per heavy atom. The molecule has 0 N–H and O–H groups in total. The van der Waals surface area contributed by atoms with Crippen molar-refractivity contribution in [1.82, 2.24) is 0 Å². The molecule has 3 heteroatoms. The molecule has 0 aromatic rings. The lowest BCUT2D eigenvalue weighted by molar-refractivity contribution is -0.142. The predicted molar refractivity (Wildman–Crippen MR) is 58.3 cm³/mol. The van der Waals surface area contributed by atoms with E-state index in [2.05, 4.69) is 36.7 Å². The quantitative estimate of drug-likeness (QED) is 0.495. The molecule has 2 rings (SSSR count). The highest BCUT2D eigenvalue weighted by Crippen LogP contribution is 2.54. The third kappa shape index (κ3) is 1.60. The molecular formula is C11H17BrO2. The lowest BCUT2D eigenvalue weighted by Crippen LogP contribution is -2.45. The van der Waals surface area contributed by atoms with Crippen molar-refractivity contribution in [2.24, 2.45) is 10.8 Å². The first-order valence-electron chi connectivity index (χ1n) is 5.16. The van der Waals surface area contributed by atoms with Crippen molar-refractivity contribution < 1.29 is 9.53 Å². The fourth-order valence-electron chi connectivity index (χ4n) is 3.23. The van der Waals surface area contributed by atoms with Gasteiger partial charge in [-0.05, 0) is 18.3 Å². The van der Waals surface area contributed by atoms with Gasteiger partial charge >= 0.3 is 5.97 Å². The Bertz CT molecular complexity index is 274. The van der Waals surface area contributed by atoms with Crippen molar-refractivity contribution in [3.05, 3.63) is 0 Å². The van der Waals surface area contributed by atoms with E-state index >= 15 is 0 Å². The Balaban J connectivity index is 2.27. The summed E-state index contributed by atoms with van der Waals surface area (Å²) in [7, 11) is 0. The monoisotopic (exact) mass is 260 g/mol. The molecule has 0 aromatic carbocycles. The van der Waals surface area contributed by atoms with Crippen LogP contribution in [0.1, 0.15) is 40.0 Å². The van der Waals surface area contributed by atoms with Crippen LogP contribution in [0.25, 0.3) is 0 Å². The highest BCUT2D eigenvalue weighted by Gasteiger charge is 2.54. The highest BCUT2D eigenvalue weighted by atomic mass is 79.9. The molecule has 3 atom stereocenters. The average molecular weight is 261 g/mol. The van der Waals surface area contributed by atoms with Gasteiger partial charge in [-0.15, -0.1) is 0 Å². The van der Waals surface area contributed by atoms with Crippen LogP contribution in [-0.2, 0) is 9.53 Å². The van der Waals surface area contributed by atoms with E-state index in [1.54, 1.807) is 0 Å². The Morgan fingerprint density at radius 2 is 2.07 bits per heavy atom. The summed E-state index contributed by atoms with van der Waals surface area (Å²) in [5.41, 5.74) is 0.362. The van der Waals surface area contributed by atoms with Gasteiger partial charge in [0.05, 0.1) is 11.2 Å². The lowest BCUT2D eigenvalue weighted by atomic mass is 9.62. The number of rotatable bonds is 0. The molecule has 14 heavy (non-hydrogen) atoms. The fraction of sp³-hybridized carbons (Fsp3) is 0.909. The second-order valence-corrected chi connectivity index (χ2v) is 6.98. The van der Waals surface area contributed by atoms with Gasteiger partial charge in [-0.2, -0.15) is 0 Å². The number of hydrogen-bond donors (Lipinski definition) is 0. The average Bonchev–Trinajstić information content (AvgIpc) is 2.21. The van der Waals surface area contributed by atoms with Crippen LogP contribution in [-0.4, -0.2) is 16.9 Å². The molecule has 0 bridgehead atoms. The molecule has 1 saturated heterocycles. The van der Waals surface area contributed by atoms with Crippen LogP contribution in [0.15, 0.2) is 0 Å². The number of carbonyl (C=O) groups excluding carboxylic acids is 1. The summed E-state index contributed by atoms with van der Waals surface area (Å²) in [4.78, 5) is 11.7. The van der Waals surface area contributed by atoms with E-state index in [-0.39, 0.29) is 17.5 Å². The maximum atomic E-state index is 11.3. The van der Waals surface area contributed by atoms with Gasteiger partial charge < -0.3 is 4.74 Å². The van der Waals surface area contributed by atoms with Gasteiger partial charge in [-0.25, -0.2) is 0 Å². The van der Waals surface area contributed by atoms with Gasteiger partial charge in [-0.3, -0.25) is 4.79 Å². The first-order chi connectivity index (χ1) is 6.32. The van der Waals surface area contributed by atoms with Crippen LogP contribution in [0.3, 0.4) is 0 Å². The van der Waals surface area contributed by atoms with E-state index in [0.29, 0.717) is 16.7 Å². The third-order valence-corrected chi connectivity index (χ3v) is 4.26. The zero-order valence-electron chi connectivity index (χ0n) is 8.97.